The Bertz CT molecular complexity index is 687. The molecule has 7 heteroatoms. The molecule has 1 aromatic carbocycles. The predicted octanol–water partition coefficient (Wildman–Crippen LogP) is 2.26. The number of methoxy groups -OCH3 is 2. The van der Waals surface area contributed by atoms with Crippen LogP contribution in [0.2, 0.25) is 0 Å². The Kier molecular flexibility index (Phi) is 5.53. The normalized spacial score (nSPS) is 25.4. The number of aliphatic hydroxyl groups is 1. The number of carbonyl (C=O) groups is 1. The highest BCUT2D eigenvalue weighted by molar-refractivity contribution is 5.70. The average molecular weight is 378 g/mol. The zero-order chi connectivity index (χ0) is 19.8. The van der Waals surface area contributed by atoms with Crippen molar-refractivity contribution < 1.29 is 24.1 Å². The van der Waals surface area contributed by atoms with Gasteiger partial charge in [-0.05, 0) is 33.3 Å². The summed E-state index contributed by atoms with van der Waals surface area (Å²) in [6.45, 7) is 7.56. The average Bonchev–Trinajstić information content (AvgIpc) is 2.80. The van der Waals surface area contributed by atoms with Gasteiger partial charge in [0.2, 0.25) is 0 Å². The topological polar surface area (TPSA) is 71.5 Å². The summed E-state index contributed by atoms with van der Waals surface area (Å²) in [4.78, 5) is 16.6. The van der Waals surface area contributed by atoms with Gasteiger partial charge in [-0.2, -0.15) is 0 Å². The van der Waals surface area contributed by atoms with E-state index in [-0.39, 0.29) is 18.2 Å². The number of amides is 1. The molecule has 2 aliphatic heterocycles. The molecular formula is C20H30N2O5. The van der Waals surface area contributed by atoms with Crippen molar-refractivity contribution in [3.63, 3.8) is 0 Å². The Hall–Kier alpha value is -1.99. The first kappa shape index (κ1) is 19.8. The van der Waals surface area contributed by atoms with Gasteiger partial charge in [-0.15, -0.1) is 0 Å². The van der Waals surface area contributed by atoms with Crippen LogP contribution in [0.5, 0.6) is 11.5 Å². The first-order valence-corrected chi connectivity index (χ1v) is 9.34. The van der Waals surface area contributed by atoms with Crippen LogP contribution in [0.4, 0.5) is 4.79 Å². The Morgan fingerprint density at radius 1 is 1.22 bits per heavy atom. The molecule has 1 amide bonds. The molecule has 3 rings (SSSR count). The second-order valence-corrected chi connectivity index (χ2v) is 8.28. The van der Waals surface area contributed by atoms with Gasteiger partial charge >= 0.3 is 6.09 Å². The van der Waals surface area contributed by atoms with Crippen molar-refractivity contribution in [3.05, 3.63) is 23.8 Å². The van der Waals surface area contributed by atoms with Crippen LogP contribution in [-0.4, -0.2) is 72.1 Å². The van der Waals surface area contributed by atoms with E-state index in [1.54, 1.807) is 19.1 Å². The molecule has 2 fully saturated rings. The monoisotopic (exact) mass is 378 g/mol. The molecule has 27 heavy (non-hydrogen) atoms. The second kappa shape index (κ2) is 7.56. The van der Waals surface area contributed by atoms with Gasteiger partial charge in [0.1, 0.15) is 17.1 Å². The van der Waals surface area contributed by atoms with Gasteiger partial charge in [-0.3, -0.25) is 9.80 Å². The molecule has 0 spiro atoms. The first-order valence-electron chi connectivity index (χ1n) is 9.34. The summed E-state index contributed by atoms with van der Waals surface area (Å²) in [5.74, 6) is 1.53. The molecule has 7 nitrogen and oxygen atoms in total. The van der Waals surface area contributed by atoms with Crippen LogP contribution < -0.4 is 9.47 Å². The number of hydrogen-bond donors (Lipinski definition) is 1. The lowest BCUT2D eigenvalue weighted by molar-refractivity contribution is -0.0144. The molecule has 0 aliphatic carbocycles. The van der Waals surface area contributed by atoms with Crippen LogP contribution in [-0.2, 0) is 11.3 Å². The lowest BCUT2D eigenvalue weighted by Gasteiger charge is -2.41. The molecule has 3 unspecified atom stereocenters. The van der Waals surface area contributed by atoms with Crippen LogP contribution in [0, 0.1) is 0 Å². The van der Waals surface area contributed by atoms with Gasteiger partial charge in [-0.25, -0.2) is 4.79 Å². The largest absolute Gasteiger partial charge is 0.497 e. The number of aliphatic hydroxyl groups excluding tert-OH is 1. The van der Waals surface area contributed by atoms with Crippen LogP contribution in [0.15, 0.2) is 18.2 Å². The van der Waals surface area contributed by atoms with Crippen molar-refractivity contribution in [2.75, 3.05) is 27.3 Å². The summed E-state index contributed by atoms with van der Waals surface area (Å²) >= 11 is 0. The number of piperazine rings is 1. The number of rotatable bonds is 4. The van der Waals surface area contributed by atoms with E-state index in [2.05, 4.69) is 4.90 Å². The Labute approximate surface area is 160 Å². The highest BCUT2D eigenvalue weighted by Gasteiger charge is 2.49. The lowest BCUT2D eigenvalue weighted by atomic mass is 10.1. The molecule has 2 saturated heterocycles. The highest BCUT2D eigenvalue weighted by Crippen LogP contribution is 2.34. The SMILES string of the molecule is COc1ccc(CN2CC3CC(O)C(C2)N3C(=O)OC(C)(C)C)c(OC)c1. The summed E-state index contributed by atoms with van der Waals surface area (Å²) in [5.41, 5.74) is 0.507. The second-order valence-electron chi connectivity index (χ2n) is 8.28. The number of fused-ring (bicyclic) bond motifs is 2. The van der Waals surface area contributed by atoms with Gasteiger partial charge < -0.3 is 19.3 Å². The summed E-state index contributed by atoms with van der Waals surface area (Å²) in [7, 11) is 3.27. The van der Waals surface area contributed by atoms with E-state index >= 15 is 0 Å². The van der Waals surface area contributed by atoms with Crippen molar-refractivity contribution in [2.45, 2.75) is 57.5 Å². The van der Waals surface area contributed by atoms with Gasteiger partial charge in [0.25, 0.3) is 0 Å². The third-order valence-electron chi connectivity index (χ3n) is 5.12. The minimum absolute atomic E-state index is 0.0437. The number of benzene rings is 1. The maximum absolute atomic E-state index is 12.6. The van der Waals surface area contributed by atoms with E-state index < -0.39 is 11.7 Å². The standard InChI is InChI=1S/C20H30N2O5/c1-20(2,3)27-19(24)22-14-8-17(23)16(22)12-21(11-14)10-13-6-7-15(25-4)9-18(13)26-5/h6-7,9,14,16-17,23H,8,10-12H2,1-5H3. The van der Waals surface area contributed by atoms with Crippen LogP contribution in [0.1, 0.15) is 32.8 Å². The van der Waals surface area contributed by atoms with E-state index in [4.69, 9.17) is 14.2 Å². The molecule has 2 heterocycles. The van der Waals surface area contributed by atoms with Crippen LogP contribution in [0.3, 0.4) is 0 Å². The summed E-state index contributed by atoms with van der Waals surface area (Å²) in [5, 5.41) is 10.5. The molecule has 0 saturated carbocycles. The number of ether oxygens (including phenoxy) is 3. The Morgan fingerprint density at radius 3 is 2.56 bits per heavy atom. The Balaban J connectivity index is 1.71. The van der Waals surface area contributed by atoms with Gasteiger partial charge in [0.05, 0.1) is 32.4 Å². The van der Waals surface area contributed by atoms with E-state index in [9.17, 15) is 9.90 Å². The van der Waals surface area contributed by atoms with Crippen LogP contribution in [0.25, 0.3) is 0 Å². The molecule has 2 aliphatic rings. The fourth-order valence-corrected chi connectivity index (χ4v) is 3.97. The van der Waals surface area contributed by atoms with E-state index in [1.807, 2.05) is 39.0 Å². The van der Waals surface area contributed by atoms with Gasteiger partial charge in [-0.1, -0.05) is 6.07 Å². The van der Waals surface area contributed by atoms with Crippen molar-refractivity contribution >= 4 is 6.09 Å². The maximum Gasteiger partial charge on any atom is 0.410 e. The third kappa shape index (κ3) is 4.30. The quantitative estimate of drug-likeness (QED) is 0.867. The van der Waals surface area contributed by atoms with Crippen molar-refractivity contribution in [1.29, 1.82) is 0 Å². The van der Waals surface area contributed by atoms with E-state index in [0.29, 0.717) is 26.1 Å². The third-order valence-corrected chi connectivity index (χ3v) is 5.12. The van der Waals surface area contributed by atoms with E-state index in [0.717, 1.165) is 17.1 Å². The minimum atomic E-state index is -0.547. The summed E-state index contributed by atoms with van der Waals surface area (Å²) in [6, 6.07) is 5.49. The number of hydrogen-bond acceptors (Lipinski definition) is 6. The number of nitrogens with zero attached hydrogens (tertiary/aromatic N) is 2. The Morgan fingerprint density at radius 2 is 1.96 bits per heavy atom. The zero-order valence-corrected chi connectivity index (χ0v) is 16.8. The van der Waals surface area contributed by atoms with Gasteiger partial charge in [0, 0.05) is 31.3 Å². The predicted molar refractivity (Wildman–Crippen MR) is 101 cm³/mol. The molecule has 3 atom stereocenters. The fourth-order valence-electron chi connectivity index (χ4n) is 3.97. The maximum atomic E-state index is 12.6. The fraction of sp³-hybridized carbons (Fsp3) is 0.650. The molecule has 1 N–H and O–H groups in total. The molecule has 1 aromatic rings. The smallest absolute Gasteiger partial charge is 0.410 e. The van der Waals surface area contributed by atoms with Crippen LogP contribution >= 0.6 is 0 Å². The molecule has 2 bridgehead atoms. The minimum Gasteiger partial charge on any atom is -0.497 e. The van der Waals surface area contributed by atoms with Crippen molar-refractivity contribution in [2.24, 2.45) is 0 Å². The van der Waals surface area contributed by atoms with Crippen molar-refractivity contribution in [3.8, 4) is 11.5 Å². The lowest BCUT2D eigenvalue weighted by Crippen LogP contribution is -2.57. The molecular weight excluding hydrogens is 348 g/mol. The van der Waals surface area contributed by atoms with Gasteiger partial charge in [0.15, 0.2) is 0 Å². The van der Waals surface area contributed by atoms with Crippen molar-refractivity contribution in [1.82, 2.24) is 9.80 Å². The zero-order valence-electron chi connectivity index (χ0n) is 16.8. The summed E-state index contributed by atoms with van der Waals surface area (Å²) in [6.07, 6.45) is -0.277. The molecule has 0 aromatic heterocycles. The number of likely N-dealkylation sites (tertiary alicyclic amines) is 1. The highest BCUT2D eigenvalue weighted by atomic mass is 16.6. The summed E-state index contributed by atoms with van der Waals surface area (Å²) < 4.78 is 16.3. The molecule has 0 radical (unpaired) electrons. The van der Waals surface area contributed by atoms with E-state index in [1.165, 1.54) is 0 Å². The molecule has 150 valence electrons. The first-order chi connectivity index (χ1) is 12.7. The number of carbonyl (C=O) groups excluding carboxylic acids is 1.